The number of hydrogen-bond acceptors (Lipinski definition) is 8. The third-order valence-electron chi connectivity index (χ3n) is 4.64. The van der Waals surface area contributed by atoms with Crippen molar-refractivity contribution in [2.45, 2.75) is 33.6 Å². The summed E-state index contributed by atoms with van der Waals surface area (Å²) in [4.78, 5) is 23.0. The van der Waals surface area contributed by atoms with Gasteiger partial charge in [0.1, 0.15) is 5.84 Å². The Morgan fingerprint density at radius 1 is 0.944 bits per heavy atom. The summed E-state index contributed by atoms with van der Waals surface area (Å²) in [5.74, 6) is 0.533. The molecule has 1 N–H and O–H groups in total. The summed E-state index contributed by atoms with van der Waals surface area (Å²) in [6.07, 6.45) is 0.642. The molecule has 204 valence electrons. The average Bonchev–Trinajstić information content (AvgIpc) is 3.22. The van der Waals surface area contributed by atoms with Crippen molar-refractivity contribution >= 4 is 67.0 Å². The first-order valence-electron chi connectivity index (χ1n) is 12.0. The Labute approximate surface area is 237 Å². The number of amidine groups is 1. The molecule has 1 aliphatic heterocycles. The van der Waals surface area contributed by atoms with Gasteiger partial charge in [0.2, 0.25) is 5.91 Å². The maximum absolute atomic E-state index is 12.2. The molecule has 0 radical (unpaired) electrons. The van der Waals surface area contributed by atoms with Gasteiger partial charge in [-0.25, -0.2) is 0 Å². The van der Waals surface area contributed by atoms with Crippen molar-refractivity contribution in [1.82, 2.24) is 5.32 Å². The molecule has 0 bridgehead atoms. The van der Waals surface area contributed by atoms with Crippen LogP contribution < -0.4 is 10.3 Å². The molecule has 1 heterocycles. The fourth-order valence-corrected chi connectivity index (χ4v) is 3.37. The molecule has 1 aliphatic rings. The molecule has 0 saturated heterocycles. The number of nitrogens with one attached hydrogen (secondary N) is 1. The number of hydrogen-bond donors (Lipinski definition) is 1. The first-order chi connectivity index (χ1) is 17.4. The molecular weight excluding hydrogens is 624 g/mol. The number of rotatable bonds is 16. The van der Waals surface area contributed by atoms with Crippen LogP contribution in [0.25, 0.3) is 0 Å². The Bertz CT molecular complexity index is 831. The maximum atomic E-state index is 12.2. The van der Waals surface area contributed by atoms with Crippen LogP contribution in [0.5, 0.6) is 0 Å². The van der Waals surface area contributed by atoms with E-state index in [1.807, 2.05) is 26.8 Å². The van der Waals surface area contributed by atoms with Gasteiger partial charge in [0.05, 0.1) is 81.6 Å². The van der Waals surface area contributed by atoms with Crippen LogP contribution in [-0.4, -0.2) is 74.9 Å². The zero-order chi connectivity index (χ0) is 26.8. The predicted molar refractivity (Wildman–Crippen MR) is 151 cm³/mol. The molecule has 36 heavy (non-hydrogen) atoms. The molecule has 1 amide bonds. The lowest BCUT2D eigenvalue weighted by Gasteiger charge is -2.14. The van der Waals surface area contributed by atoms with Gasteiger partial charge in [-0.2, -0.15) is 5.10 Å². The molecule has 1 aromatic rings. The second-order valence-electron chi connectivity index (χ2n) is 7.42. The minimum atomic E-state index is -0.152. The lowest BCUT2D eigenvalue weighted by molar-refractivity contribution is -0.121. The molecule has 2 rings (SSSR count). The van der Waals surface area contributed by atoms with Crippen LogP contribution in [0.4, 0.5) is 5.69 Å². The van der Waals surface area contributed by atoms with E-state index >= 15 is 0 Å². The summed E-state index contributed by atoms with van der Waals surface area (Å²) in [6.45, 7) is 9.97. The largest absolute Gasteiger partial charge is 0.379 e. The van der Waals surface area contributed by atoms with Crippen LogP contribution in [0.1, 0.15) is 33.6 Å². The monoisotopic (exact) mass is 659 g/mol. The van der Waals surface area contributed by atoms with E-state index in [9.17, 15) is 9.59 Å². The van der Waals surface area contributed by atoms with E-state index in [4.69, 9.17) is 42.1 Å². The molecule has 0 fully saturated rings. The lowest BCUT2D eigenvalue weighted by atomic mass is 10.1. The zero-order valence-corrected chi connectivity index (χ0v) is 24.7. The van der Waals surface area contributed by atoms with Crippen LogP contribution in [0.3, 0.4) is 0 Å². The number of halogens is 3. The summed E-state index contributed by atoms with van der Waals surface area (Å²) in [7, 11) is 0. The van der Waals surface area contributed by atoms with Crippen LogP contribution in [-0.2, 0) is 28.5 Å². The van der Waals surface area contributed by atoms with E-state index in [-0.39, 0.29) is 22.0 Å². The van der Waals surface area contributed by atoms with Crippen LogP contribution in [0.2, 0.25) is 10.0 Å². The van der Waals surface area contributed by atoms with Crippen molar-refractivity contribution in [3.63, 3.8) is 0 Å². The van der Waals surface area contributed by atoms with Crippen molar-refractivity contribution in [3.05, 3.63) is 28.2 Å². The second-order valence-corrected chi connectivity index (χ2v) is 9.44. The molecule has 0 aliphatic carbocycles. The smallest absolute Gasteiger partial charge is 0.227 e. The summed E-state index contributed by atoms with van der Waals surface area (Å²) in [6, 6.07) is 5.31. The van der Waals surface area contributed by atoms with E-state index in [2.05, 4.69) is 10.4 Å². The highest BCUT2D eigenvalue weighted by molar-refractivity contribution is 14.1. The Morgan fingerprint density at radius 2 is 1.47 bits per heavy atom. The molecule has 0 spiro atoms. The van der Waals surface area contributed by atoms with E-state index in [1.54, 1.807) is 39.7 Å². The summed E-state index contributed by atoms with van der Waals surface area (Å²) < 4.78 is 21.6. The Balaban J connectivity index is 0.00000316. The molecule has 1 atom stereocenters. The first-order valence-corrected chi connectivity index (χ1v) is 13.8. The average molecular weight is 660 g/mol. The molecule has 0 aromatic heterocycles. The first kappa shape index (κ1) is 33.0. The predicted octanol–water partition coefficient (Wildman–Crippen LogP) is 4.71. The minimum absolute atomic E-state index is 0.0710. The third kappa shape index (κ3) is 14.1. The number of amides is 1. The summed E-state index contributed by atoms with van der Waals surface area (Å²) in [5, 5.41) is 10.1. The van der Waals surface area contributed by atoms with E-state index < -0.39 is 0 Å². The Hall–Kier alpha value is -1.02. The maximum Gasteiger partial charge on any atom is 0.227 e. The van der Waals surface area contributed by atoms with Crippen LogP contribution in [0, 0.1) is 5.92 Å². The van der Waals surface area contributed by atoms with E-state index in [0.29, 0.717) is 81.7 Å². The van der Waals surface area contributed by atoms with Crippen molar-refractivity contribution in [1.29, 1.82) is 0 Å². The highest BCUT2D eigenvalue weighted by Gasteiger charge is 2.25. The fraction of sp³-hybridized carbons (Fsp3) is 0.625. The minimum Gasteiger partial charge on any atom is -0.379 e. The Kier molecular flexibility index (Phi) is 18.3. The van der Waals surface area contributed by atoms with Crippen LogP contribution in [0.15, 0.2) is 23.3 Å². The molecule has 12 heteroatoms. The van der Waals surface area contributed by atoms with Gasteiger partial charge < -0.3 is 24.3 Å². The van der Waals surface area contributed by atoms with Crippen LogP contribution >= 0.6 is 45.8 Å². The summed E-state index contributed by atoms with van der Waals surface area (Å²) in [5.41, 5.74) is 0.817. The van der Waals surface area contributed by atoms with Gasteiger partial charge in [-0.1, -0.05) is 44.0 Å². The molecule has 9 nitrogen and oxygen atoms in total. The number of nitrogens with zero attached hydrogens (tertiary/aromatic N) is 2. The lowest BCUT2D eigenvalue weighted by Crippen LogP contribution is -2.34. The highest BCUT2D eigenvalue weighted by atomic mass is 127. The second kappa shape index (κ2) is 20.0. The number of anilines is 1. The number of benzene rings is 1. The van der Waals surface area contributed by atoms with Gasteiger partial charge in [0.25, 0.3) is 0 Å². The van der Waals surface area contributed by atoms with Gasteiger partial charge in [0, 0.05) is 12.3 Å². The molecule has 1 aromatic carbocycles. The summed E-state index contributed by atoms with van der Waals surface area (Å²) >= 11 is 13.8. The van der Waals surface area contributed by atoms with Crippen molar-refractivity contribution in [2.24, 2.45) is 11.0 Å². The molecular formula is C24H36Cl2IN3O6. The number of ether oxygens (including phenoxy) is 4. The van der Waals surface area contributed by atoms with Gasteiger partial charge in [-0.05, 0) is 40.8 Å². The topological polar surface area (TPSA) is 98.7 Å². The van der Waals surface area contributed by atoms with Crippen molar-refractivity contribution in [2.75, 3.05) is 64.4 Å². The van der Waals surface area contributed by atoms with E-state index in [0.717, 1.165) is 5.69 Å². The van der Waals surface area contributed by atoms with Gasteiger partial charge in [0.15, 0.2) is 3.79 Å². The zero-order valence-electron chi connectivity index (χ0n) is 21.1. The van der Waals surface area contributed by atoms with Gasteiger partial charge in [-0.15, -0.1) is 0 Å². The van der Waals surface area contributed by atoms with Gasteiger partial charge in [-0.3, -0.25) is 14.6 Å². The van der Waals surface area contributed by atoms with Crippen molar-refractivity contribution in [3.8, 4) is 0 Å². The Morgan fingerprint density at radius 3 is 2.00 bits per heavy atom. The molecule has 1 unspecified atom stereocenters. The molecule has 0 saturated carbocycles. The van der Waals surface area contributed by atoms with E-state index in [1.165, 1.54) is 0 Å². The number of carbonyl (C=O) groups excluding carboxylic acids is 2. The number of carbonyl (C=O) groups is 2. The highest BCUT2D eigenvalue weighted by Crippen LogP contribution is 2.29. The normalized spacial score (nSPS) is 14.8. The third-order valence-corrected chi connectivity index (χ3v) is 5.92. The van der Waals surface area contributed by atoms with Gasteiger partial charge >= 0.3 is 0 Å². The quantitative estimate of drug-likeness (QED) is 0.156. The standard InChI is InChI=1S/C22H30Cl2IN3O6.C2H6/c1-16-15-28(17-2-3-18(23)19(24)14-17)27-22(16)26-21(30)5-7-32-9-11-34-13-12-33-10-8-31-6-4-20(25)29;1-2/h2-3,14,16H,4-13,15H2,1H3,(H,26,27,30);1-2H3. The van der Waals surface area contributed by atoms with Crippen molar-refractivity contribution < 1.29 is 28.5 Å². The number of hydrazone groups is 1. The SMILES string of the molecule is CC.CC1CN(c2ccc(Cl)c(Cl)c2)N=C1NC(=O)CCOCCOCCOCCOCCC(=O)I. The fourth-order valence-electron chi connectivity index (χ4n) is 2.86.